The van der Waals surface area contributed by atoms with Crippen LogP contribution in [-0.4, -0.2) is 52.9 Å². The molecule has 0 bridgehead atoms. The summed E-state index contributed by atoms with van der Waals surface area (Å²) in [6.07, 6.45) is 0.925. The number of β-amino-alcohol motifs (C(OH)–C–C–N with tert-alkyl or cyclic N) is 1. The maximum Gasteiger partial charge on any atom is 0.335 e. The van der Waals surface area contributed by atoms with Crippen molar-refractivity contribution in [1.82, 2.24) is 4.90 Å². The average Bonchev–Trinajstić information content (AvgIpc) is 2.85. The molecule has 1 aliphatic rings. The van der Waals surface area contributed by atoms with Crippen molar-refractivity contribution in [3.63, 3.8) is 0 Å². The van der Waals surface area contributed by atoms with Crippen LogP contribution < -0.4 is 0 Å². The zero-order valence-electron chi connectivity index (χ0n) is 21.1. The number of aryl methyl sites for hydroxylation is 2. The molecule has 3 aromatic carbocycles. The van der Waals surface area contributed by atoms with E-state index < -0.39 is 12.1 Å². The largest absolute Gasteiger partial charge is 0.478 e. The van der Waals surface area contributed by atoms with Crippen molar-refractivity contribution in [1.29, 1.82) is 0 Å². The molecule has 36 heavy (non-hydrogen) atoms. The van der Waals surface area contributed by atoms with Crippen molar-refractivity contribution in [2.45, 2.75) is 51.9 Å². The quantitative estimate of drug-likeness (QED) is 0.388. The summed E-state index contributed by atoms with van der Waals surface area (Å²) in [4.78, 5) is 13.6. The second kappa shape index (κ2) is 11.3. The Morgan fingerprint density at radius 1 is 1.11 bits per heavy atom. The van der Waals surface area contributed by atoms with Gasteiger partial charge in [0.15, 0.2) is 0 Å². The monoisotopic (exact) mass is 491 g/mol. The topological polar surface area (TPSA) is 70.0 Å². The van der Waals surface area contributed by atoms with Gasteiger partial charge in [-0.15, -0.1) is 0 Å². The van der Waals surface area contributed by atoms with Crippen LogP contribution in [-0.2, 0) is 11.2 Å². The second-order valence-corrected chi connectivity index (χ2v) is 9.78. The fourth-order valence-electron chi connectivity index (χ4n) is 4.86. The summed E-state index contributed by atoms with van der Waals surface area (Å²) >= 11 is 0. The Kier molecular flexibility index (Phi) is 8.19. The molecule has 3 atom stereocenters. The van der Waals surface area contributed by atoms with Gasteiger partial charge in [-0.3, -0.25) is 4.90 Å². The van der Waals surface area contributed by atoms with Gasteiger partial charge >= 0.3 is 5.97 Å². The SMILES string of the molecule is Cc1ccc(C[C@@H]2CCN2C[C@@H](O)CO[C@H](C)c2ccccc2-c2ccc(C(=O)O)c(C)c2)cc1F. The van der Waals surface area contributed by atoms with Crippen LogP contribution in [0.2, 0.25) is 0 Å². The Labute approximate surface area is 212 Å². The van der Waals surface area contributed by atoms with Gasteiger partial charge in [0.2, 0.25) is 0 Å². The molecule has 2 N–H and O–H groups in total. The van der Waals surface area contributed by atoms with Crippen LogP contribution >= 0.6 is 0 Å². The van der Waals surface area contributed by atoms with Gasteiger partial charge < -0.3 is 14.9 Å². The Hall–Kier alpha value is -3.06. The number of aliphatic hydroxyl groups excluding tert-OH is 1. The summed E-state index contributed by atoms with van der Waals surface area (Å²) in [6.45, 7) is 7.16. The van der Waals surface area contributed by atoms with Gasteiger partial charge in [0.1, 0.15) is 5.82 Å². The average molecular weight is 492 g/mol. The van der Waals surface area contributed by atoms with Gasteiger partial charge in [-0.1, -0.05) is 48.5 Å². The summed E-state index contributed by atoms with van der Waals surface area (Å²) < 4.78 is 20.0. The van der Waals surface area contributed by atoms with Crippen molar-refractivity contribution in [3.8, 4) is 11.1 Å². The molecular weight excluding hydrogens is 457 g/mol. The molecular formula is C30H34FNO4. The van der Waals surface area contributed by atoms with Crippen LogP contribution in [0.5, 0.6) is 0 Å². The molecule has 1 saturated heterocycles. The van der Waals surface area contributed by atoms with Crippen molar-refractivity contribution >= 4 is 5.97 Å². The highest BCUT2D eigenvalue weighted by atomic mass is 19.1. The van der Waals surface area contributed by atoms with Gasteiger partial charge in [0.05, 0.1) is 24.4 Å². The number of benzene rings is 3. The van der Waals surface area contributed by atoms with E-state index in [1.54, 1.807) is 26.0 Å². The van der Waals surface area contributed by atoms with Gasteiger partial charge in [0.25, 0.3) is 0 Å². The number of ether oxygens (including phenoxy) is 1. The van der Waals surface area contributed by atoms with Crippen molar-refractivity contribution < 1.29 is 24.1 Å². The lowest BCUT2D eigenvalue weighted by molar-refractivity contribution is -0.0355. The molecule has 1 aliphatic heterocycles. The predicted octanol–water partition coefficient (Wildman–Crippen LogP) is 5.56. The number of likely N-dealkylation sites (tertiary alicyclic amines) is 1. The van der Waals surface area contributed by atoms with E-state index in [9.17, 15) is 19.4 Å². The molecule has 0 radical (unpaired) electrons. The Balaban J connectivity index is 1.34. The summed E-state index contributed by atoms with van der Waals surface area (Å²) in [5.41, 5.74) is 5.52. The Bertz CT molecular complexity index is 1230. The maximum absolute atomic E-state index is 13.9. The molecule has 0 spiro atoms. The van der Waals surface area contributed by atoms with E-state index in [1.807, 2.05) is 55.5 Å². The number of carbonyl (C=O) groups is 1. The lowest BCUT2D eigenvalue weighted by Gasteiger charge is -2.42. The van der Waals surface area contributed by atoms with Crippen LogP contribution in [0.4, 0.5) is 4.39 Å². The summed E-state index contributed by atoms with van der Waals surface area (Å²) in [5, 5.41) is 20.0. The third-order valence-electron chi connectivity index (χ3n) is 7.12. The number of aromatic carboxylic acids is 1. The fourth-order valence-corrected chi connectivity index (χ4v) is 4.86. The van der Waals surface area contributed by atoms with Crippen LogP contribution in [0.15, 0.2) is 60.7 Å². The number of carboxylic acid groups (broad SMARTS) is 1. The lowest BCUT2D eigenvalue weighted by Crippen LogP contribution is -2.52. The normalized spacial score (nSPS) is 17.4. The number of carboxylic acids is 1. The molecule has 6 heteroatoms. The van der Waals surface area contributed by atoms with Crippen LogP contribution in [0.3, 0.4) is 0 Å². The molecule has 1 heterocycles. The van der Waals surface area contributed by atoms with E-state index in [1.165, 1.54) is 0 Å². The van der Waals surface area contributed by atoms with E-state index in [2.05, 4.69) is 4.90 Å². The van der Waals surface area contributed by atoms with Gasteiger partial charge in [0, 0.05) is 19.1 Å². The number of aliphatic hydroxyl groups is 1. The van der Waals surface area contributed by atoms with E-state index in [0.29, 0.717) is 29.3 Å². The third-order valence-corrected chi connectivity index (χ3v) is 7.12. The first kappa shape index (κ1) is 26.0. The van der Waals surface area contributed by atoms with Crippen molar-refractivity contribution in [2.24, 2.45) is 0 Å². The molecule has 0 aliphatic carbocycles. The highest BCUT2D eigenvalue weighted by Gasteiger charge is 2.30. The molecule has 0 amide bonds. The first-order valence-corrected chi connectivity index (χ1v) is 12.4. The predicted molar refractivity (Wildman–Crippen MR) is 139 cm³/mol. The smallest absolute Gasteiger partial charge is 0.335 e. The molecule has 3 aromatic rings. The lowest BCUT2D eigenvalue weighted by atomic mass is 9.94. The number of hydrogen-bond donors (Lipinski definition) is 2. The van der Waals surface area contributed by atoms with E-state index in [0.717, 1.165) is 41.6 Å². The van der Waals surface area contributed by atoms with E-state index >= 15 is 0 Å². The van der Waals surface area contributed by atoms with Crippen molar-refractivity contribution in [2.75, 3.05) is 19.7 Å². The minimum absolute atomic E-state index is 0.172. The Morgan fingerprint density at radius 3 is 2.56 bits per heavy atom. The zero-order chi connectivity index (χ0) is 25.8. The molecule has 0 aromatic heterocycles. The molecule has 190 valence electrons. The first-order chi connectivity index (χ1) is 17.2. The highest BCUT2D eigenvalue weighted by molar-refractivity contribution is 5.90. The van der Waals surface area contributed by atoms with Crippen LogP contribution in [0.25, 0.3) is 11.1 Å². The molecule has 0 saturated carbocycles. The van der Waals surface area contributed by atoms with Crippen LogP contribution in [0, 0.1) is 19.7 Å². The molecule has 4 rings (SSSR count). The van der Waals surface area contributed by atoms with Gasteiger partial charge in [-0.05, 0) is 79.1 Å². The van der Waals surface area contributed by atoms with E-state index in [-0.39, 0.29) is 18.5 Å². The summed E-state index contributed by atoms with van der Waals surface area (Å²) in [5.74, 6) is -1.11. The van der Waals surface area contributed by atoms with Crippen molar-refractivity contribution in [3.05, 3.63) is 94.3 Å². The fraction of sp³-hybridized carbons (Fsp3) is 0.367. The minimum atomic E-state index is -0.937. The molecule has 1 fully saturated rings. The first-order valence-electron chi connectivity index (χ1n) is 12.4. The standard InChI is InChI=1S/C30H34FNO4/c1-19-8-9-22(16-29(19)31)15-24-12-13-32(24)17-25(33)18-36-21(3)27-6-4-5-7-28(27)23-10-11-26(30(34)35)20(2)14-23/h4-11,14,16,21,24-25,33H,12-13,15,17-18H2,1-3H3,(H,34,35)/t21-,24+,25-/m1/s1. The number of rotatable bonds is 10. The molecule has 0 unspecified atom stereocenters. The summed E-state index contributed by atoms with van der Waals surface area (Å²) in [6, 6.07) is 18.9. The number of hydrogen-bond acceptors (Lipinski definition) is 4. The minimum Gasteiger partial charge on any atom is -0.478 e. The third kappa shape index (κ3) is 6.01. The van der Waals surface area contributed by atoms with Crippen LogP contribution in [0.1, 0.15) is 52.1 Å². The zero-order valence-corrected chi connectivity index (χ0v) is 21.1. The Morgan fingerprint density at radius 2 is 1.89 bits per heavy atom. The second-order valence-electron chi connectivity index (χ2n) is 9.78. The van der Waals surface area contributed by atoms with Gasteiger partial charge in [-0.2, -0.15) is 0 Å². The molecule has 5 nitrogen and oxygen atoms in total. The highest BCUT2D eigenvalue weighted by Crippen LogP contribution is 2.31. The number of nitrogens with zero attached hydrogens (tertiary/aromatic N) is 1. The van der Waals surface area contributed by atoms with E-state index in [4.69, 9.17) is 4.74 Å². The summed E-state index contributed by atoms with van der Waals surface area (Å²) in [7, 11) is 0. The van der Waals surface area contributed by atoms with Gasteiger partial charge in [-0.25, -0.2) is 9.18 Å². The number of halogens is 1. The maximum atomic E-state index is 13.9.